The van der Waals surface area contributed by atoms with Gasteiger partial charge in [-0.2, -0.15) is 5.26 Å². The highest BCUT2D eigenvalue weighted by molar-refractivity contribution is 7.22. The number of aliphatic carboxylic acids is 1. The summed E-state index contributed by atoms with van der Waals surface area (Å²) in [6.45, 7) is 4.58. The number of fused-ring (bicyclic) bond motifs is 1. The van der Waals surface area contributed by atoms with E-state index in [9.17, 15) is 29.9 Å². The Bertz CT molecular complexity index is 1800. The molecule has 1 aliphatic rings. The van der Waals surface area contributed by atoms with Gasteiger partial charge in [0.1, 0.15) is 22.7 Å². The van der Waals surface area contributed by atoms with Crippen LogP contribution in [0.5, 0.6) is 0 Å². The Balaban J connectivity index is 1.72. The van der Waals surface area contributed by atoms with Gasteiger partial charge in [0, 0.05) is 18.8 Å². The fraction of sp³-hybridized carbons (Fsp3) is 0.433. The number of thiophene rings is 1. The SMILES string of the molecule is Cc1c(-c2ncco2)sc2c1c(=O)n(C(C)(C)C(=O)O)c(=O)n2CC(OC1CCOC(CCO)C1)c1ccccc1C#N. The maximum Gasteiger partial charge on any atom is 0.333 e. The predicted octanol–water partition coefficient (Wildman–Crippen LogP) is 3.57. The molecule has 0 bridgehead atoms. The molecule has 3 atom stereocenters. The van der Waals surface area contributed by atoms with Gasteiger partial charge in [0.25, 0.3) is 5.56 Å². The number of benzene rings is 1. The number of aliphatic hydroxyl groups is 1. The molecule has 226 valence electrons. The van der Waals surface area contributed by atoms with E-state index in [-0.39, 0.29) is 36.6 Å². The Morgan fingerprint density at radius 1 is 1.33 bits per heavy atom. The third-order valence-electron chi connectivity index (χ3n) is 7.82. The molecule has 3 unspecified atom stereocenters. The van der Waals surface area contributed by atoms with Crippen LogP contribution in [-0.4, -0.2) is 55.7 Å². The Labute approximate surface area is 250 Å². The molecule has 1 aromatic carbocycles. The summed E-state index contributed by atoms with van der Waals surface area (Å²) in [5.74, 6) is -1.08. The lowest BCUT2D eigenvalue weighted by molar-refractivity contribution is -0.146. The van der Waals surface area contributed by atoms with E-state index in [0.29, 0.717) is 52.3 Å². The van der Waals surface area contributed by atoms with Gasteiger partial charge in [0.15, 0.2) is 0 Å². The zero-order chi connectivity index (χ0) is 30.9. The third-order valence-corrected chi connectivity index (χ3v) is 9.13. The maximum atomic E-state index is 14.2. The minimum absolute atomic E-state index is 0.0308. The number of oxazole rings is 1. The monoisotopic (exact) mass is 608 g/mol. The summed E-state index contributed by atoms with van der Waals surface area (Å²) in [6.07, 6.45) is 3.07. The van der Waals surface area contributed by atoms with Gasteiger partial charge in [0.2, 0.25) is 5.89 Å². The Kier molecular flexibility index (Phi) is 8.66. The second kappa shape index (κ2) is 12.3. The summed E-state index contributed by atoms with van der Waals surface area (Å²) < 4.78 is 20.0. The van der Waals surface area contributed by atoms with E-state index in [2.05, 4.69) is 11.1 Å². The van der Waals surface area contributed by atoms with Gasteiger partial charge in [-0.15, -0.1) is 11.3 Å². The Hall–Kier alpha value is -4.09. The van der Waals surface area contributed by atoms with E-state index >= 15 is 0 Å². The van der Waals surface area contributed by atoms with E-state index < -0.39 is 28.9 Å². The molecule has 4 heterocycles. The van der Waals surface area contributed by atoms with Crippen molar-refractivity contribution in [3.63, 3.8) is 0 Å². The first-order valence-corrected chi connectivity index (χ1v) is 14.7. The maximum absolute atomic E-state index is 14.2. The van der Waals surface area contributed by atoms with Gasteiger partial charge in [-0.1, -0.05) is 18.2 Å². The van der Waals surface area contributed by atoms with Gasteiger partial charge in [-0.25, -0.2) is 19.1 Å². The van der Waals surface area contributed by atoms with Crippen molar-refractivity contribution in [3.8, 4) is 16.8 Å². The van der Waals surface area contributed by atoms with Crippen molar-refractivity contribution >= 4 is 27.5 Å². The highest BCUT2D eigenvalue weighted by Crippen LogP contribution is 2.37. The molecule has 4 aromatic rings. The lowest BCUT2D eigenvalue weighted by Crippen LogP contribution is -2.52. The molecule has 0 saturated carbocycles. The van der Waals surface area contributed by atoms with Crippen molar-refractivity contribution < 1.29 is 28.9 Å². The van der Waals surface area contributed by atoms with Gasteiger partial charge in [-0.05, 0) is 51.7 Å². The number of nitrogens with zero attached hydrogens (tertiary/aromatic N) is 4. The van der Waals surface area contributed by atoms with Crippen LogP contribution < -0.4 is 11.2 Å². The molecule has 1 saturated heterocycles. The number of carbonyl (C=O) groups is 1. The minimum Gasteiger partial charge on any atom is -0.480 e. The number of hydrogen-bond donors (Lipinski definition) is 2. The van der Waals surface area contributed by atoms with Crippen LogP contribution in [0.25, 0.3) is 21.0 Å². The molecule has 0 amide bonds. The molecule has 2 N–H and O–H groups in total. The lowest BCUT2D eigenvalue weighted by atomic mass is 10.0. The molecule has 0 radical (unpaired) electrons. The summed E-state index contributed by atoms with van der Waals surface area (Å²) in [5, 5.41) is 29.6. The fourth-order valence-electron chi connectivity index (χ4n) is 5.44. The molecular formula is C30H32N4O8S. The molecule has 0 spiro atoms. The second-order valence-corrected chi connectivity index (χ2v) is 11.9. The first kappa shape index (κ1) is 30.4. The molecule has 3 aromatic heterocycles. The number of aryl methyl sites for hydroxylation is 1. The lowest BCUT2D eigenvalue weighted by Gasteiger charge is -2.33. The van der Waals surface area contributed by atoms with Crippen LogP contribution in [0.4, 0.5) is 0 Å². The van der Waals surface area contributed by atoms with Gasteiger partial charge < -0.3 is 24.1 Å². The van der Waals surface area contributed by atoms with Crippen molar-refractivity contribution in [2.24, 2.45) is 0 Å². The van der Waals surface area contributed by atoms with Crippen LogP contribution in [0.15, 0.2) is 50.7 Å². The Morgan fingerprint density at radius 2 is 2.09 bits per heavy atom. The van der Waals surface area contributed by atoms with Crippen LogP contribution in [0.2, 0.25) is 0 Å². The standard InChI is InChI=1S/C30H32N4O8S/c1-17-23-26(36)34(30(2,3)28(37)38)29(39)33(27(23)43-24(17)25-32-10-13-41-25)16-22(21-7-5-4-6-18(21)15-31)42-20-9-12-40-19(14-20)8-11-35/h4-7,10,13,19-20,22,35H,8-9,11-12,14,16H2,1-3H3,(H,37,38). The minimum atomic E-state index is -1.87. The van der Waals surface area contributed by atoms with Crippen molar-refractivity contribution in [2.45, 2.75) is 70.4 Å². The van der Waals surface area contributed by atoms with E-state index in [4.69, 9.17) is 13.9 Å². The van der Waals surface area contributed by atoms with E-state index in [1.54, 1.807) is 31.2 Å². The van der Waals surface area contributed by atoms with Crippen LogP contribution in [0.3, 0.4) is 0 Å². The number of carboxylic acids is 1. The third kappa shape index (κ3) is 5.66. The van der Waals surface area contributed by atoms with Crippen molar-refractivity contribution in [2.75, 3.05) is 13.2 Å². The first-order valence-electron chi connectivity index (χ1n) is 13.9. The number of rotatable bonds is 10. The highest BCUT2D eigenvalue weighted by atomic mass is 32.1. The molecule has 5 rings (SSSR count). The summed E-state index contributed by atoms with van der Waals surface area (Å²) in [4.78, 5) is 45.4. The van der Waals surface area contributed by atoms with Crippen molar-refractivity contribution in [1.82, 2.24) is 14.1 Å². The van der Waals surface area contributed by atoms with Gasteiger partial charge >= 0.3 is 11.7 Å². The highest BCUT2D eigenvalue weighted by Gasteiger charge is 2.36. The van der Waals surface area contributed by atoms with Crippen LogP contribution >= 0.6 is 11.3 Å². The summed E-state index contributed by atoms with van der Waals surface area (Å²) in [6, 6.07) is 9.11. The van der Waals surface area contributed by atoms with E-state index in [1.807, 2.05) is 0 Å². The van der Waals surface area contributed by atoms with Crippen molar-refractivity contribution in [1.29, 1.82) is 5.26 Å². The molecule has 1 aliphatic heterocycles. The Morgan fingerprint density at radius 3 is 2.77 bits per heavy atom. The van der Waals surface area contributed by atoms with Crippen LogP contribution in [0, 0.1) is 18.3 Å². The molecule has 12 nitrogen and oxygen atoms in total. The number of aromatic nitrogens is 3. The number of carboxylic acid groups (broad SMARTS) is 1. The summed E-state index contributed by atoms with van der Waals surface area (Å²) in [5.41, 5.74) is -2.02. The zero-order valence-electron chi connectivity index (χ0n) is 24.0. The molecule has 13 heteroatoms. The second-order valence-electron chi connectivity index (χ2n) is 10.9. The molecule has 1 fully saturated rings. The molecule has 0 aliphatic carbocycles. The molecule has 43 heavy (non-hydrogen) atoms. The van der Waals surface area contributed by atoms with Gasteiger partial charge in [-0.3, -0.25) is 9.36 Å². The van der Waals surface area contributed by atoms with E-state index in [0.717, 1.165) is 15.9 Å². The smallest absolute Gasteiger partial charge is 0.333 e. The predicted molar refractivity (Wildman–Crippen MR) is 157 cm³/mol. The van der Waals surface area contributed by atoms with Gasteiger partial charge in [0.05, 0.1) is 46.8 Å². The average Bonchev–Trinajstić information content (AvgIpc) is 3.63. The number of ether oxygens (including phenoxy) is 2. The largest absolute Gasteiger partial charge is 0.480 e. The average molecular weight is 609 g/mol. The van der Waals surface area contributed by atoms with Crippen molar-refractivity contribution in [3.05, 3.63) is 74.3 Å². The number of nitriles is 1. The summed E-state index contributed by atoms with van der Waals surface area (Å²) in [7, 11) is 0. The van der Waals surface area contributed by atoms with E-state index in [1.165, 1.54) is 30.9 Å². The number of hydrogen-bond acceptors (Lipinski definition) is 10. The quantitative estimate of drug-likeness (QED) is 0.271. The topological polar surface area (TPSA) is 170 Å². The fourth-order valence-corrected chi connectivity index (χ4v) is 6.68. The molecular weight excluding hydrogens is 576 g/mol. The zero-order valence-corrected chi connectivity index (χ0v) is 24.8. The first-order chi connectivity index (χ1) is 20.6. The summed E-state index contributed by atoms with van der Waals surface area (Å²) >= 11 is 1.14. The number of aliphatic hydroxyl groups excluding tert-OH is 1. The van der Waals surface area contributed by atoms with Crippen LogP contribution in [0.1, 0.15) is 55.9 Å². The van der Waals surface area contributed by atoms with Crippen LogP contribution in [-0.2, 0) is 26.4 Å². The normalized spacial score (nSPS) is 18.0.